The molecule has 0 aliphatic heterocycles. The Labute approximate surface area is 123 Å². The van der Waals surface area contributed by atoms with Crippen molar-refractivity contribution in [1.29, 1.82) is 0 Å². The van der Waals surface area contributed by atoms with Gasteiger partial charge in [0.2, 0.25) is 5.91 Å². The molecule has 1 N–H and O–H groups in total. The minimum atomic E-state index is -0.268. The van der Waals surface area contributed by atoms with Crippen LogP contribution in [0.4, 0.5) is 9.93 Å². The predicted octanol–water partition coefficient (Wildman–Crippen LogP) is 1.87. The Bertz CT molecular complexity index is 491. The normalized spacial score (nSPS) is 10.0. The van der Waals surface area contributed by atoms with Crippen molar-refractivity contribution in [2.75, 3.05) is 32.5 Å². The van der Waals surface area contributed by atoms with Gasteiger partial charge in [-0.25, -0.2) is 9.78 Å². The summed E-state index contributed by atoms with van der Waals surface area (Å²) >= 11 is 1.42. The monoisotopic (exact) mass is 296 g/mol. The first-order valence-electron chi connectivity index (χ1n) is 6.16. The van der Waals surface area contributed by atoms with Gasteiger partial charge in [-0.1, -0.05) is 6.08 Å². The van der Waals surface area contributed by atoms with Crippen LogP contribution in [0.25, 0.3) is 0 Å². The van der Waals surface area contributed by atoms with E-state index < -0.39 is 0 Å². The lowest BCUT2D eigenvalue weighted by molar-refractivity contribution is -0.116. The van der Waals surface area contributed by atoms with Crippen LogP contribution in [0.1, 0.15) is 10.6 Å². The summed E-state index contributed by atoms with van der Waals surface area (Å²) < 4.78 is 0. The maximum Gasteiger partial charge on any atom is 0.320 e. The molecule has 3 amide bonds. The zero-order valence-electron chi connectivity index (χ0n) is 12.3. The summed E-state index contributed by atoms with van der Waals surface area (Å²) in [5.41, 5.74) is 0.901. The van der Waals surface area contributed by atoms with E-state index in [4.69, 9.17) is 0 Å². The molecule has 6 nitrogen and oxygen atoms in total. The predicted molar refractivity (Wildman–Crippen MR) is 81.1 cm³/mol. The molecular formula is C13H20N4O2S. The molecule has 0 spiro atoms. The summed E-state index contributed by atoms with van der Waals surface area (Å²) in [4.78, 5) is 32.0. The molecule has 110 valence electrons. The summed E-state index contributed by atoms with van der Waals surface area (Å²) in [5, 5.41) is 3.26. The van der Waals surface area contributed by atoms with Gasteiger partial charge in [-0.05, 0) is 13.8 Å². The van der Waals surface area contributed by atoms with E-state index >= 15 is 0 Å². The van der Waals surface area contributed by atoms with E-state index in [1.807, 2.05) is 13.8 Å². The van der Waals surface area contributed by atoms with Gasteiger partial charge in [0.25, 0.3) is 0 Å². The van der Waals surface area contributed by atoms with Gasteiger partial charge in [-0.3, -0.25) is 4.79 Å². The number of aryl methyl sites for hydroxylation is 2. The minimum absolute atomic E-state index is 0.0271. The van der Waals surface area contributed by atoms with E-state index in [0.29, 0.717) is 11.7 Å². The summed E-state index contributed by atoms with van der Waals surface area (Å²) in [6, 6.07) is -0.230. The van der Waals surface area contributed by atoms with Crippen LogP contribution in [0.15, 0.2) is 12.7 Å². The lowest BCUT2D eigenvalue weighted by Crippen LogP contribution is -2.43. The third-order valence-electron chi connectivity index (χ3n) is 2.61. The van der Waals surface area contributed by atoms with E-state index in [2.05, 4.69) is 16.9 Å². The SMILES string of the molecule is C=CCN(CC(=O)Nc1nc(C)c(C)s1)C(=O)N(C)C. The number of urea groups is 1. The molecule has 0 bridgehead atoms. The molecule has 0 aromatic carbocycles. The molecule has 0 radical (unpaired) electrons. The van der Waals surface area contributed by atoms with Crippen LogP contribution >= 0.6 is 11.3 Å². The average Bonchev–Trinajstić information content (AvgIpc) is 2.66. The number of rotatable bonds is 5. The van der Waals surface area contributed by atoms with Gasteiger partial charge in [0.05, 0.1) is 5.69 Å². The molecule has 1 rings (SSSR count). The van der Waals surface area contributed by atoms with E-state index in [1.165, 1.54) is 21.1 Å². The molecule has 7 heteroatoms. The van der Waals surface area contributed by atoms with Crippen LogP contribution in [-0.4, -0.2) is 53.9 Å². The zero-order chi connectivity index (χ0) is 15.3. The van der Waals surface area contributed by atoms with Gasteiger partial charge in [0, 0.05) is 25.5 Å². The van der Waals surface area contributed by atoms with Gasteiger partial charge >= 0.3 is 6.03 Å². The molecule has 0 unspecified atom stereocenters. The largest absolute Gasteiger partial charge is 0.331 e. The topological polar surface area (TPSA) is 65.5 Å². The average molecular weight is 296 g/mol. The molecule has 1 heterocycles. The Kier molecular flexibility index (Phi) is 5.69. The van der Waals surface area contributed by atoms with Crippen LogP contribution in [0, 0.1) is 13.8 Å². The van der Waals surface area contributed by atoms with Crippen molar-refractivity contribution in [3.63, 3.8) is 0 Å². The minimum Gasteiger partial charge on any atom is -0.331 e. The molecule has 0 saturated heterocycles. The Morgan fingerprint density at radius 3 is 2.50 bits per heavy atom. The van der Waals surface area contributed by atoms with Crippen molar-refractivity contribution in [3.05, 3.63) is 23.2 Å². The number of carbonyl (C=O) groups is 2. The highest BCUT2D eigenvalue weighted by Crippen LogP contribution is 2.20. The van der Waals surface area contributed by atoms with Crippen LogP contribution in [0.3, 0.4) is 0 Å². The molecule has 0 atom stereocenters. The van der Waals surface area contributed by atoms with E-state index in [9.17, 15) is 9.59 Å². The molecule has 0 aliphatic carbocycles. The third-order valence-corrected chi connectivity index (χ3v) is 3.60. The number of thiazole rings is 1. The molecule has 20 heavy (non-hydrogen) atoms. The van der Waals surface area contributed by atoms with Crippen LogP contribution in [0.5, 0.6) is 0 Å². The first-order chi connectivity index (χ1) is 9.35. The molecule has 1 aromatic rings. The highest BCUT2D eigenvalue weighted by molar-refractivity contribution is 7.15. The number of anilines is 1. The quantitative estimate of drug-likeness (QED) is 0.844. The molecule has 0 aliphatic rings. The van der Waals surface area contributed by atoms with Crippen LogP contribution in [0.2, 0.25) is 0 Å². The number of hydrogen-bond donors (Lipinski definition) is 1. The Balaban J connectivity index is 2.66. The summed E-state index contributed by atoms with van der Waals surface area (Å²) in [7, 11) is 3.29. The van der Waals surface area contributed by atoms with Crippen molar-refractivity contribution in [2.45, 2.75) is 13.8 Å². The Morgan fingerprint density at radius 2 is 2.05 bits per heavy atom. The zero-order valence-corrected chi connectivity index (χ0v) is 13.1. The van der Waals surface area contributed by atoms with Crippen molar-refractivity contribution >= 4 is 28.4 Å². The second-order valence-corrected chi connectivity index (χ2v) is 5.76. The summed E-state index contributed by atoms with van der Waals surface area (Å²) in [6.45, 7) is 7.72. The van der Waals surface area contributed by atoms with Crippen molar-refractivity contribution < 1.29 is 9.59 Å². The van der Waals surface area contributed by atoms with Crippen molar-refractivity contribution in [1.82, 2.24) is 14.8 Å². The lowest BCUT2D eigenvalue weighted by atomic mass is 10.4. The van der Waals surface area contributed by atoms with Gasteiger partial charge < -0.3 is 15.1 Å². The summed E-state index contributed by atoms with van der Waals surface area (Å²) in [6.07, 6.45) is 1.59. The van der Waals surface area contributed by atoms with Gasteiger partial charge in [-0.15, -0.1) is 17.9 Å². The lowest BCUT2D eigenvalue weighted by Gasteiger charge is -2.24. The molecule has 0 saturated carbocycles. The third kappa shape index (κ3) is 4.34. The number of nitrogens with one attached hydrogen (secondary N) is 1. The number of nitrogens with zero attached hydrogens (tertiary/aromatic N) is 3. The highest BCUT2D eigenvalue weighted by atomic mass is 32.1. The Morgan fingerprint density at radius 1 is 1.40 bits per heavy atom. The first kappa shape index (κ1) is 16.2. The van der Waals surface area contributed by atoms with Crippen molar-refractivity contribution in [2.24, 2.45) is 0 Å². The maximum atomic E-state index is 12.0. The molecule has 0 fully saturated rings. The van der Waals surface area contributed by atoms with E-state index in [0.717, 1.165) is 10.6 Å². The van der Waals surface area contributed by atoms with Crippen molar-refractivity contribution in [3.8, 4) is 0 Å². The Hall–Kier alpha value is -1.89. The first-order valence-corrected chi connectivity index (χ1v) is 6.97. The number of hydrogen-bond acceptors (Lipinski definition) is 4. The number of aromatic nitrogens is 1. The fraction of sp³-hybridized carbons (Fsp3) is 0.462. The highest BCUT2D eigenvalue weighted by Gasteiger charge is 2.18. The van der Waals surface area contributed by atoms with Gasteiger partial charge in [0.1, 0.15) is 6.54 Å². The summed E-state index contributed by atoms with van der Waals surface area (Å²) in [5.74, 6) is -0.268. The van der Waals surface area contributed by atoms with Crippen LogP contribution < -0.4 is 5.32 Å². The van der Waals surface area contributed by atoms with E-state index in [1.54, 1.807) is 20.2 Å². The van der Waals surface area contributed by atoms with Gasteiger partial charge in [0.15, 0.2) is 5.13 Å². The second kappa shape index (κ2) is 7.04. The number of carbonyl (C=O) groups excluding carboxylic acids is 2. The maximum absolute atomic E-state index is 12.0. The van der Waals surface area contributed by atoms with Crippen LogP contribution in [-0.2, 0) is 4.79 Å². The standard InChI is InChI=1S/C13H20N4O2S/c1-6-7-17(13(19)16(4)5)8-11(18)15-12-14-9(2)10(3)20-12/h6H,1,7-8H2,2-5H3,(H,14,15,18). The van der Waals surface area contributed by atoms with E-state index in [-0.39, 0.29) is 18.5 Å². The number of amides is 3. The molecular weight excluding hydrogens is 276 g/mol. The molecule has 1 aromatic heterocycles. The fourth-order valence-electron chi connectivity index (χ4n) is 1.51. The second-order valence-electron chi connectivity index (χ2n) is 4.55. The fourth-order valence-corrected chi connectivity index (χ4v) is 2.34. The smallest absolute Gasteiger partial charge is 0.320 e. The van der Waals surface area contributed by atoms with Gasteiger partial charge in [-0.2, -0.15) is 0 Å².